The molecule has 0 saturated carbocycles. The topological polar surface area (TPSA) is 71.8 Å². The molecule has 0 unspecified atom stereocenters. The van der Waals surface area contributed by atoms with Gasteiger partial charge in [0.2, 0.25) is 0 Å². The first-order valence-electron chi connectivity index (χ1n) is 7.64. The normalized spacial score (nSPS) is 11.4. The lowest BCUT2D eigenvalue weighted by molar-refractivity contribution is 0.0943. The van der Waals surface area contributed by atoms with E-state index >= 15 is 0 Å². The van der Waals surface area contributed by atoms with Crippen molar-refractivity contribution in [1.82, 2.24) is 9.78 Å². The Hall–Kier alpha value is -2.81. The second kappa shape index (κ2) is 7.20. The van der Waals surface area contributed by atoms with Gasteiger partial charge in [-0.25, -0.2) is 4.68 Å². The summed E-state index contributed by atoms with van der Waals surface area (Å²) in [4.78, 5) is 12.5. The fourth-order valence-corrected chi connectivity index (χ4v) is 2.88. The fourth-order valence-electron chi connectivity index (χ4n) is 2.49. The van der Waals surface area contributed by atoms with Gasteiger partial charge in [-0.3, -0.25) is 4.79 Å². The van der Waals surface area contributed by atoms with Crippen molar-refractivity contribution >= 4 is 35.2 Å². The second-order valence-corrected chi connectivity index (χ2v) is 6.48. The first-order chi connectivity index (χ1) is 12.4. The van der Waals surface area contributed by atoms with Gasteiger partial charge in [0.1, 0.15) is 23.2 Å². The van der Waals surface area contributed by atoms with Crippen LogP contribution in [0.3, 0.4) is 0 Å². The maximum absolute atomic E-state index is 12.5. The number of halogens is 2. The van der Waals surface area contributed by atoms with Crippen LogP contribution in [0.1, 0.15) is 21.9 Å². The molecule has 0 bridgehead atoms. The molecule has 0 saturated heterocycles. The molecule has 2 heterocycles. The molecule has 0 aliphatic rings. The Morgan fingerprint density at radius 2 is 2.00 bits per heavy atom. The van der Waals surface area contributed by atoms with Crippen molar-refractivity contribution in [2.45, 2.75) is 13.8 Å². The molecule has 1 aromatic carbocycles. The van der Waals surface area contributed by atoms with Gasteiger partial charge in [-0.1, -0.05) is 23.2 Å². The van der Waals surface area contributed by atoms with Crippen molar-refractivity contribution in [2.75, 3.05) is 0 Å². The van der Waals surface area contributed by atoms with Crippen LogP contribution in [0.2, 0.25) is 10.0 Å². The molecule has 130 valence electrons. The number of hydrogen-bond donors (Lipinski definition) is 0. The molecule has 2 aromatic heterocycles. The summed E-state index contributed by atoms with van der Waals surface area (Å²) in [6, 6.07) is 12.0. The van der Waals surface area contributed by atoms with Crippen molar-refractivity contribution in [3.05, 3.63) is 69.2 Å². The fraction of sp³-hybridized carbons (Fsp3) is 0.105. The Bertz CT molecular complexity index is 1070. The van der Waals surface area contributed by atoms with Crippen LogP contribution in [0.15, 0.2) is 46.4 Å². The van der Waals surface area contributed by atoms with Crippen molar-refractivity contribution in [2.24, 2.45) is 0 Å². The van der Waals surface area contributed by atoms with E-state index in [9.17, 15) is 10.1 Å². The number of benzene rings is 1. The average molecular weight is 386 g/mol. The van der Waals surface area contributed by atoms with Crippen LogP contribution in [0, 0.1) is 25.2 Å². The summed E-state index contributed by atoms with van der Waals surface area (Å²) in [7, 11) is 0. The summed E-state index contributed by atoms with van der Waals surface area (Å²) < 4.78 is 6.90. The van der Waals surface area contributed by atoms with E-state index in [0.29, 0.717) is 38.5 Å². The van der Waals surface area contributed by atoms with Gasteiger partial charge in [0, 0.05) is 22.4 Å². The summed E-state index contributed by atoms with van der Waals surface area (Å²) in [5.41, 5.74) is 1.89. The van der Waals surface area contributed by atoms with Crippen LogP contribution < -0.4 is 0 Å². The molecule has 26 heavy (non-hydrogen) atoms. The molecule has 7 heteroatoms. The van der Waals surface area contributed by atoms with E-state index in [4.69, 9.17) is 27.6 Å². The minimum Gasteiger partial charge on any atom is -0.457 e. The van der Waals surface area contributed by atoms with E-state index < -0.39 is 5.91 Å². The highest BCUT2D eigenvalue weighted by Crippen LogP contribution is 2.32. The van der Waals surface area contributed by atoms with Gasteiger partial charge in [0.25, 0.3) is 5.91 Å². The van der Waals surface area contributed by atoms with Crippen molar-refractivity contribution in [3.63, 3.8) is 0 Å². The molecule has 0 radical (unpaired) electrons. The summed E-state index contributed by atoms with van der Waals surface area (Å²) in [5.74, 6) is 0.318. The molecule has 0 aliphatic heterocycles. The highest BCUT2D eigenvalue weighted by molar-refractivity contribution is 6.35. The molecule has 0 spiro atoms. The number of carbonyl (C=O) groups excluding carboxylic acids is 1. The quantitative estimate of drug-likeness (QED) is 0.452. The molecule has 0 aliphatic carbocycles. The number of nitrogens with zero attached hydrogens (tertiary/aromatic N) is 3. The Morgan fingerprint density at radius 3 is 2.65 bits per heavy atom. The average Bonchev–Trinajstić information content (AvgIpc) is 3.20. The summed E-state index contributed by atoms with van der Waals surface area (Å²) in [5, 5.41) is 14.5. The van der Waals surface area contributed by atoms with Crippen LogP contribution in [-0.2, 0) is 0 Å². The lowest BCUT2D eigenvalue weighted by Gasteiger charge is -2.02. The van der Waals surface area contributed by atoms with E-state index in [1.165, 1.54) is 10.8 Å². The minimum atomic E-state index is -0.517. The highest BCUT2D eigenvalue weighted by atomic mass is 35.5. The Balaban J connectivity index is 1.95. The molecule has 0 fully saturated rings. The number of carbonyl (C=O) groups is 1. The molecule has 0 atom stereocenters. The van der Waals surface area contributed by atoms with Gasteiger partial charge < -0.3 is 4.42 Å². The Morgan fingerprint density at radius 1 is 1.23 bits per heavy atom. The maximum atomic E-state index is 12.5. The largest absolute Gasteiger partial charge is 0.457 e. The summed E-state index contributed by atoms with van der Waals surface area (Å²) in [6.45, 7) is 3.53. The molecule has 3 aromatic rings. The lowest BCUT2D eigenvalue weighted by Crippen LogP contribution is -2.15. The zero-order valence-corrected chi connectivity index (χ0v) is 15.5. The van der Waals surface area contributed by atoms with Gasteiger partial charge in [0.15, 0.2) is 0 Å². The van der Waals surface area contributed by atoms with Gasteiger partial charge >= 0.3 is 0 Å². The molecule has 3 rings (SSSR count). The highest BCUT2D eigenvalue weighted by Gasteiger charge is 2.17. The SMILES string of the molecule is Cc1cc(C)n(C(=O)/C(C#N)=C/c2ccc(-c3cc(Cl)ccc3Cl)o2)n1. The first-order valence-corrected chi connectivity index (χ1v) is 8.39. The number of nitriles is 1. The monoisotopic (exact) mass is 385 g/mol. The zero-order valence-electron chi connectivity index (χ0n) is 14.0. The van der Waals surface area contributed by atoms with Crippen LogP contribution >= 0.6 is 23.2 Å². The molecule has 5 nitrogen and oxygen atoms in total. The number of rotatable bonds is 3. The van der Waals surface area contributed by atoms with E-state index in [1.807, 2.05) is 6.07 Å². The Kier molecular flexibility index (Phi) is 4.99. The van der Waals surface area contributed by atoms with E-state index in [0.717, 1.165) is 0 Å². The first kappa shape index (κ1) is 18.0. The predicted octanol–water partition coefficient (Wildman–Crippen LogP) is 5.31. The smallest absolute Gasteiger partial charge is 0.289 e. The van der Waals surface area contributed by atoms with Crippen LogP contribution in [0.5, 0.6) is 0 Å². The van der Waals surface area contributed by atoms with E-state index in [1.54, 1.807) is 50.2 Å². The van der Waals surface area contributed by atoms with Crippen LogP contribution in [-0.4, -0.2) is 15.7 Å². The van der Waals surface area contributed by atoms with E-state index in [2.05, 4.69) is 5.10 Å². The standard InChI is InChI=1S/C19H13Cl2N3O2/c1-11-7-12(2)24(23-11)19(25)13(10-22)8-15-4-6-18(26-15)16-9-14(20)3-5-17(16)21/h3-9H,1-2H3/b13-8+. The molecular formula is C19H13Cl2N3O2. The van der Waals surface area contributed by atoms with Gasteiger partial charge in [-0.2, -0.15) is 10.4 Å². The van der Waals surface area contributed by atoms with Gasteiger partial charge in [-0.15, -0.1) is 0 Å². The minimum absolute atomic E-state index is 0.0886. The van der Waals surface area contributed by atoms with Gasteiger partial charge in [0.05, 0.1) is 10.7 Å². The van der Waals surface area contributed by atoms with Crippen molar-refractivity contribution < 1.29 is 9.21 Å². The molecule has 0 N–H and O–H groups in total. The number of hydrogen-bond acceptors (Lipinski definition) is 4. The second-order valence-electron chi connectivity index (χ2n) is 5.64. The molecular weight excluding hydrogens is 373 g/mol. The lowest BCUT2D eigenvalue weighted by atomic mass is 10.2. The number of furan rings is 1. The third-order valence-electron chi connectivity index (χ3n) is 3.66. The third-order valence-corrected chi connectivity index (χ3v) is 4.22. The van der Waals surface area contributed by atoms with Crippen LogP contribution in [0.25, 0.3) is 17.4 Å². The summed E-state index contributed by atoms with van der Waals surface area (Å²) >= 11 is 12.2. The van der Waals surface area contributed by atoms with Crippen LogP contribution in [0.4, 0.5) is 0 Å². The zero-order chi connectivity index (χ0) is 18.8. The number of aromatic nitrogens is 2. The van der Waals surface area contributed by atoms with E-state index in [-0.39, 0.29) is 5.57 Å². The van der Waals surface area contributed by atoms with Gasteiger partial charge in [-0.05, 0) is 50.2 Å². The van der Waals surface area contributed by atoms with Crippen molar-refractivity contribution in [1.29, 1.82) is 5.26 Å². The molecule has 0 amide bonds. The Labute approximate surface area is 160 Å². The summed E-state index contributed by atoms with van der Waals surface area (Å²) in [6.07, 6.45) is 1.38. The maximum Gasteiger partial charge on any atom is 0.289 e. The number of allylic oxidation sites excluding steroid dienone is 1. The number of aryl methyl sites for hydroxylation is 2. The third kappa shape index (κ3) is 3.57. The van der Waals surface area contributed by atoms with Crippen molar-refractivity contribution in [3.8, 4) is 17.4 Å². The predicted molar refractivity (Wildman–Crippen MR) is 100 cm³/mol.